The Balaban J connectivity index is 2.43. The van der Waals surface area contributed by atoms with E-state index in [2.05, 4.69) is 10.2 Å². The maximum atomic E-state index is 11.1. The first kappa shape index (κ1) is 11.5. The van der Waals surface area contributed by atoms with Crippen LogP contribution in [-0.2, 0) is 4.79 Å². The van der Waals surface area contributed by atoms with E-state index >= 15 is 0 Å². The van der Waals surface area contributed by atoms with Crippen molar-refractivity contribution in [3.05, 3.63) is 36.0 Å². The number of aromatic nitrogens is 2. The van der Waals surface area contributed by atoms with Crippen LogP contribution in [0.3, 0.4) is 0 Å². The summed E-state index contributed by atoms with van der Waals surface area (Å²) in [4.78, 5) is 13.1. The van der Waals surface area contributed by atoms with Crippen LogP contribution in [0, 0.1) is 0 Å². The number of hydrogen-bond donors (Lipinski definition) is 1. The summed E-state index contributed by atoms with van der Waals surface area (Å²) >= 11 is 0. The Kier molecular flexibility index (Phi) is 3.35. The van der Waals surface area contributed by atoms with E-state index in [0.717, 1.165) is 29.4 Å². The first-order chi connectivity index (χ1) is 8.22. The molecule has 0 atom stereocenters. The summed E-state index contributed by atoms with van der Waals surface area (Å²) in [6.07, 6.45) is 2.74. The highest BCUT2D eigenvalue weighted by Gasteiger charge is 2.09. The molecular formula is C13H15N3O. The summed E-state index contributed by atoms with van der Waals surface area (Å²) in [7, 11) is 3.92. The van der Waals surface area contributed by atoms with Crippen LogP contribution in [0.4, 0.5) is 0 Å². The minimum atomic E-state index is 0.621. The number of allylic oxidation sites excluding steroid dienone is 1. The van der Waals surface area contributed by atoms with Crippen molar-refractivity contribution < 1.29 is 4.79 Å². The second-order valence-electron chi connectivity index (χ2n) is 4.16. The lowest BCUT2D eigenvalue weighted by molar-refractivity contribution is -0.103. The third-order valence-electron chi connectivity index (χ3n) is 2.55. The molecule has 88 valence electrons. The third kappa shape index (κ3) is 2.42. The van der Waals surface area contributed by atoms with E-state index in [1.807, 2.05) is 49.3 Å². The first-order valence-electron chi connectivity index (χ1n) is 5.46. The summed E-state index contributed by atoms with van der Waals surface area (Å²) in [5, 5.41) is 8.11. The van der Waals surface area contributed by atoms with Crippen molar-refractivity contribution in [2.75, 3.05) is 20.6 Å². The quantitative estimate of drug-likeness (QED) is 0.641. The highest BCUT2D eigenvalue weighted by Crippen LogP contribution is 2.20. The van der Waals surface area contributed by atoms with Gasteiger partial charge in [0.05, 0.1) is 5.52 Å². The molecule has 4 heteroatoms. The third-order valence-corrected chi connectivity index (χ3v) is 2.55. The summed E-state index contributed by atoms with van der Waals surface area (Å²) in [6, 6.07) is 7.78. The Hall–Kier alpha value is -1.94. The average Bonchev–Trinajstić information content (AvgIpc) is 2.74. The van der Waals surface area contributed by atoms with Crippen molar-refractivity contribution in [3.63, 3.8) is 0 Å². The van der Waals surface area contributed by atoms with Crippen LogP contribution >= 0.6 is 0 Å². The molecule has 2 rings (SSSR count). The summed E-state index contributed by atoms with van der Waals surface area (Å²) in [5.74, 6) is 0. The Bertz CT molecular complexity index is 555. The molecule has 0 radical (unpaired) electrons. The molecular weight excluding hydrogens is 214 g/mol. The SMILES string of the molecule is CN(C)C/C=C(/C=O)c1n[nH]c2ccccc12. The van der Waals surface area contributed by atoms with Crippen LogP contribution in [-0.4, -0.2) is 42.0 Å². The Morgan fingerprint density at radius 2 is 2.18 bits per heavy atom. The van der Waals surface area contributed by atoms with Gasteiger partial charge in [-0.2, -0.15) is 5.10 Å². The van der Waals surface area contributed by atoms with Crippen LogP contribution in [0.25, 0.3) is 16.5 Å². The lowest BCUT2D eigenvalue weighted by Crippen LogP contribution is -2.11. The molecule has 0 spiro atoms. The Morgan fingerprint density at radius 3 is 2.88 bits per heavy atom. The fraction of sp³-hybridized carbons (Fsp3) is 0.231. The molecule has 1 aromatic carbocycles. The van der Waals surface area contributed by atoms with Crippen molar-refractivity contribution in [1.29, 1.82) is 0 Å². The number of carbonyl (C=O) groups is 1. The minimum Gasteiger partial charge on any atom is -0.306 e. The maximum absolute atomic E-state index is 11.1. The van der Waals surface area contributed by atoms with Gasteiger partial charge in [-0.15, -0.1) is 0 Å². The number of nitrogens with zero attached hydrogens (tertiary/aromatic N) is 2. The molecule has 0 fully saturated rings. The average molecular weight is 229 g/mol. The van der Waals surface area contributed by atoms with Gasteiger partial charge in [0, 0.05) is 17.5 Å². The van der Waals surface area contributed by atoms with Crippen molar-refractivity contribution in [2.24, 2.45) is 0 Å². The number of aldehydes is 1. The first-order valence-corrected chi connectivity index (χ1v) is 5.46. The molecule has 4 nitrogen and oxygen atoms in total. The molecule has 1 aromatic heterocycles. The number of para-hydroxylation sites is 1. The number of H-pyrrole nitrogens is 1. The van der Waals surface area contributed by atoms with Gasteiger partial charge in [-0.25, -0.2) is 0 Å². The molecule has 17 heavy (non-hydrogen) atoms. The van der Waals surface area contributed by atoms with Gasteiger partial charge in [0.15, 0.2) is 6.29 Å². The summed E-state index contributed by atoms with van der Waals surface area (Å²) in [6.45, 7) is 0.718. The zero-order valence-corrected chi connectivity index (χ0v) is 9.97. The second-order valence-corrected chi connectivity index (χ2v) is 4.16. The molecule has 0 aliphatic rings. The van der Waals surface area contributed by atoms with Gasteiger partial charge in [-0.3, -0.25) is 9.89 Å². The molecule has 0 bridgehead atoms. The number of benzene rings is 1. The standard InChI is InChI=1S/C13H15N3O/c1-16(2)8-7-10(9-17)13-11-5-3-4-6-12(11)14-15-13/h3-7,9H,8H2,1-2H3,(H,14,15)/b10-7-. The normalized spacial score (nSPS) is 12.3. The summed E-state index contributed by atoms with van der Waals surface area (Å²) in [5.41, 5.74) is 2.29. The van der Waals surface area contributed by atoms with E-state index in [1.165, 1.54) is 0 Å². The van der Waals surface area contributed by atoms with Crippen molar-refractivity contribution >= 4 is 22.8 Å². The van der Waals surface area contributed by atoms with Gasteiger partial charge >= 0.3 is 0 Å². The van der Waals surface area contributed by atoms with E-state index in [4.69, 9.17) is 0 Å². The van der Waals surface area contributed by atoms with Crippen LogP contribution in [0.15, 0.2) is 30.3 Å². The molecule has 0 amide bonds. The van der Waals surface area contributed by atoms with Crippen LogP contribution in [0.5, 0.6) is 0 Å². The lowest BCUT2D eigenvalue weighted by atomic mass is 10.1. The van der Waals surface area contributed by atoms with Gasteiger partial charge in [-0.05, 0) is 20.2 Å². The molecule has 0 unspecified atom stereocenters. The Morgan fingerprint density at radius 1 is 1.41 bits per heavy atom. The predicted octanol–water partition coefficient (Wildman–Crippen LogP) is 1.71. The lowest BCUT2D eigenvalue weighted by Gasteiger charge is -2.05. The minimum absolute atomic E-state index is 0.621. The fourth-order valence-electron chi connectivity index (χ4n) is 1.67. The number of carbonyl (C=O) groups excluding carboxylic acids is 1. The summed E-state index contributed by atoms with van der Waals surface area (Å²) < 4.78 is 0. The van der Waals surface area contributed by atoms with E-state index in [1.54, 1.807) is 0 Å². The maximum Gasteiger partial charge on any atom is 0.152 e. The van der Waals surface area contributed by atoms with Crippen LogP contribution < -0.4 is 0 Å². The largest absolute Gasteiger partial charge is 0.306 e. The van der Waals surface area contributed by atoms with Gasteiger partial charge in [0.25, 0.3) is 0 Å². The van der Waals surface area contributed by atoms with Crippen LogP contribution in [0.1, 0.15) is 5.69 Å². The van der Waals surface area contributed by atoms with Gasteiger partial charge in [0.1, 0.15) is 5.69 Å². The molecule has 0 saturated carbocycles. The topological polar surface area (TPSA) is 49.0 Å². The second kappa shape index (κ2) is 4.93. The molecule has 2 aromatic rings. The van der Waals surface area contributed by atoms with E-state index in [0.29, 0.717) is 5.57 Å². The van der Waals surface area contributed by atoms with Crippen molar-refractivity contribution in [2.45, 2.75) is 0 Å². The zero-order chi connectivity index (χ0) is 12.3. The van der Waals surface area contributed by atoms with Crippen molar-refractivity contribution in [3.8, 4) is 0 Å². The van der Waals surface area contributed by atoms with Gasteiger partial charge < -0.3 is 4.90 Å². The highest BCUT2D eigenvalue weighted by molar-refractivity contribution is 6.11. The highest BCUT2D eigenvalue weighted by atomic mass is 16.1. The van der Waals surface area contributed by atoms with Crippen LogP contribution in [0.2, 0.25) is 0 Å². The van der Waals surface area contributed by atoms with E-state index < -0.39 is 0 Å². The van der Waals surface area contributed by atoms with Crippen molar-refractivity contribution in [1.82, 2.24) is 15.1 Å². The number of fused-ring (bicyclic) bond motifs is 1. The fourth-order valence-corrected chi connectivity index (χ4v) is 1.67. The van der Waals surface area contributed by atoms with E-state index in [9.17, 15) is 4.79 Å². The molecule has 1 heterocycles. The Labute approximate surface area is 99.9 Å². The predicted molar refractivity (Wildman–Crippen MR) is 68.7 cm³/mol. The smallest absolute Gasteiger partial charge is 0.152 e. The number of nitrogens with one attached hydrogen (secondary N) is 1. The van der Waals surface area contributed by atoms with Gasteiger partial charge in [0.2, 0.25) is 0 Å². The number of hydrogen-bond acceptors (Lipinski definition) is 3. The monoisotopic (exact) mass is 229 g/mol. The van der Waals surface area contributed by atoms with Gasteiger partial charge in [-0.1, -0.05) is 24.3 Å². The molecule has 0 aliphatic carbocycles. The van der Waals surface area contributed by atoms with E-state index in [-0.39, 0.29) is 0 Å². The molecule has 0 saturated heterocycles. The number of likely N-dealkylation sites (N-methyl/N-ethyl adjacent to an activating group) is 1. The number of rotatable bonds is 4. The number of aromatic amines is 1. The molecule has 1 N–H and O–H groups in total. The molecule has 0 aliphatic heterocycles. The zero-order valence-electron chi connectivity index (χ0n) is 9.97.